The Morgan fingerprint density at radius 1 is 0.950 bits per heavy atom. The molecule has 2 aromatic carbocycles. The van der Waals surface area contributed by atoms with Crippen molar-refractivity contribution in [1.82, 2.24) is 5.32 Å². The molecule has 0 bridgehead atoms. The van der Waals surface area contributed by atoms with E-state index in [9.17, 15) is 13.2 Å². The van der Waals surface area contributed by atoms with Crippen LogP contribution >= 0.6 is 0 Å². The minimum atomic E-state index is -4.28. The van der Waals surface area contributed by atoms with E-state index in [0.717, 1.165) is 42.8 Å². The predicted octanol–water partition coefficient (Wildman–Crippen LogP) is 4.02. The van der Waals surface area contributed by atoms with Crippen LogP contribution in [0.25, 0.3) is 11.1 Å². The van der Waals surface area contributed by atoms with Gasteiger partial charge in [-0.15, -0.1) is 0 Å². The summed E-state index contributed by atoms with van der Waals surface area (Å²) in [6.45, 7) is 1.73. The Balaban J connectivity index is 2.01. The molecule has 3 rings (SSSR count). The molecule has 0 saturated carbocycles. The minimum absolute atomic E-state index is 0.604. The van der Waals surface area contributed by atoms with Crippen LogP contribution in [0.1, 0.15) is 16.7 Å². The van der Waals surface area contributed by atoms with Gasteiger partial charge in [-0.3, -0.25) is 0 Å². The van der Waals surface area contributed by atoms with E-state index in [0.29, 0.717) is 0 Å². The zero-order chi connectivity index (χ0) is 14.2. The highest BCUT2D eigenvalue weighted by Gasteiger charge is 2.30. The summed E-state index contributed by atoms with van der Waals surface area (Å²) in [4.78, 5) is 0. The van der Waals surface area contributed by atoms with Crippen molar-refractivity contribution in [1.29, 1.82) is 0 Å². The van der Waals surface area contributed by atoms with Crippen LogP contribution in [0.5, 0.6) is 0 Å². The number of rotatable bonds is 1. The molecule has 104 valence electrons. The van der Waals surface area contributed by atoms with Crippen LogP contribution < -0.4 is 5.32 Å². The number of fused-ring (bicyclic) bond motifs is 1. The largest absolute Gasteiger partial charge is 0.416 e. The second-order valence-electron chi connectivity index (χ2n) is 4.95. The van der Waals surface area contributed by atoms with Crippen LogP contribution in [0.15, 0.2) is 42.5 Å². The van der Waals surface area contributed by atoms with Gasteiger partial charge in [0.05, 0.1) is 5.56 Å². The Bertz CT molecular complexity index is 615. The van der Waals surface area contributed by atoms with Crippen molar-refractivity contribution < 1.29 is 13.2 Å². The first kappa shape index (κ1) is 13.2. The zero-order valence-corrected chi connectivity index (χ0v) is 10.8. The monoisotopic (exact) mass is 277 g/mol. The SMILES string of the molecule is FC(F)(F)c1ccc(-c2cccc3c2CCNC3)cc1. The third-order valence-electron chi connectivity index (χ3n) is 3.66. The summed E-state index contributed by atoms with van der Waals surface area (Å²) in [5.74, 6) is 0. The third kappa shape index (κ3) is 2.43. The van der Waals surface area contributed by atoms with Gasteiger partial charge >= 0.3 is 6.18 Å². The first-order chi connectivity index (χ1) is 9.55. The van der Waals surface area contributed by atoms with E-state index >= 15 is 0 Å². The average Bonchev–Trinajstić information content (AvgIpc) is 2.46. The molecule has 0 fully saturated rings. The van der Waals surface area contributed by atoms with Crippen molar-refractivity contribution in [3.8, 4) is 11.1 Å². The first-order valence-electron chi connectivity index (χ1n) is 6.55. The molecule has 2 aromatic rings. The van der Waals surface area contributed by atoms with E-state index < -0.39 is 11.7 Å². The molecule has 1 aliphatic heterocycles. The van der Waals surface area contributed by atoms with Crippen LogP contribution in [0.2, 0.25) is 0 Å². The van der Waals surface area contributed by atoms with Crippen molar-refractivity contribution in [2.45, 2.75) is 19.1 Å². The van der Waals surface area contributed by atoms with Crippen molar-refractivity contribution >= 4 is 0 Å². The van der Waals surface area contributed by atoms with E-state index in [-0.39, 0.29) is 0 Å². The van der Waals surface area contributed by atoms with Crippen molar-refractivity contribution in [3.63, 3.8) is 0 Å². The van der Waals surface area contributed by atoms with Crippen LogP contribution in [0.3, 0.4) is 0 Å². The maximum absolute atomic E-state index is 12.6. The molecule has 20 heavy (non-hydrogen) atoms. The number of benzene rings is 2. The highest BCUT2D eigenvalue weighted by atomic mass is 19.4. The molecule has 1 N–H and O–H groups in total. The molecule has 0 aromatic heterocycles. The quantitative estimate of drug-likeness (QED) is 0.830. The molecule has 0 saturated heterocycles. The molecule has 1 heterocycles. The lowest BCUT2D eigenvalue weighted by Crippen LogP contribution is -2.24. The summed E-state index contributed by atoms with van der Waals surface area (Å²) in [7, 11) is 0. The summed E-state index contributed by atoms with van der Waals surface area (Å²) in [6.07, 6.45) is -3.37. The first-order valence-corrected chi connectivity index (χ1v) is 6.55. The van der Waals surface area contributed by atoms with Gasteiger partial charge in [0, 0.05) is 6.54 Å². The molecule has 0 radical (unpaired) electrons. The molecule has 0 spiro atoms. The maximum atomic E-state index is 12.6. The third-order valence-corrected chi connectivity index (χ3v) is 3.66. The lowest BCUT2D eigenvalue weighted by atomic mass is 9.91. The van der Waals surface area contributed by atoms with Gasteiger partial charge in [-0.2, -0.15) is 13.2 Å². The smallest absolute Gasteiger partial charge is 0.312 e. The van der Waals surface area contributed by atoms with Gasteiger partial charge in [0.1, 0.15) is 0 Å². The molecule has 0 amide bonds. The second kappa shape index (κ2) is 4.94. The Hall–Kier alpha value is -1.81. The van der Waals surface area contributed by atoms with Gasteiger partial charge < -0.3 is 5.32 Å². The normalized spacial score (nSPS) is 14.9. The van der Waals surface area contributed by atoms with Gasteiger partial charge in [0.2, 0.25) is 0 Å². The molecular formula is C16H14F3N. The van der Waals surface area contributed by atoms with Crippen molar-refractivity contribution in [2.24, 2.45) is 0 Å². The van der Waals surface area contributed by atoms with Crippen LogP contribution in [0.4, 0.5) is 13.2 Å². The van der Waals surface area contributed by atoms with Crippen molar-refractivity contribution in [3.05, 3.63) is 59.2 Å². The lowest BCUT2D eigenvalue weighted by molar-refractivity contribution is -0.137. The number of alkyl halides is 3. The highest BCUT2D eigenvalue weighted by Crippen LogP contribution is 2.33. The highest BCUT2D eigenvalue weighted by molar-refractivity contribution is 5.69. The number of hydrogen-bond donors (Lipinski definition) is 1. The Labute approximate surface area is 115 Å². The lowest BCUT2D eigenvalue weighted by Gasteiger charge is -2.20. The van der Waals surface area contributed by atoms with Gasteiger partial charge in [0.15, 0.2) is 0 Å². The molecule has 1 nitrogen and oxygen atoms in total. The van der Waals surface area contributed by atoms with Gasteiger partial charge in [0.25, 0.3) is 0 Å². The molecule has 0 aliphatic carbocycles. The van der Waals surface area contributed by atoms with Crippen LogP contribution in [-0.4, -0.2) is 6.54 Å². The van der Waals surface area contributed by atoms with E-state index in [4.69, 9.17) is 0 Å². The van der Waals surface area contributed by atoms with E-state index in [1.54, 1.807) is 12.1 Å². The zero-order valence-electron chi connectivity index (χ0n) is 10.8. The molecule has 0 unspecified atom stereocenters. The summed E-state index contributed by atoms with van der Waals surface area (Å²) in [5.41, 5.74) is 3.75. The fraction of sp³-hybridized carbons (Fsp3) is 0.250. The Morgan fingerprint density at radius 3 is 2.40 bits per heavy atom. The second-order valence-corrected chi connectivity index (χ2v) is 4.95. The standard InChI is InChI=1S/C16H14F3N/c17-16(18,19)13-6-4-11(5-7-13)14-3-1-2-12-10-20-9-8-15(12)14/h1-7,20H,8-10H2. The summed E-state index contributed by atoms with van der Waals surface area (Å²) < 4.78 is 37.8. The summed E-state index contributed by atoms with van der Waals surface area (Å²) >= 11 is 0. The predicted molar refractivity (Wildman–Crippen MR) is 72.3 cm³/mol. The molecule has 1 aliphatic rings. The van der Waals surface area contributed by atoms with E-state index in [2.05, 4.69) is 11.4 Å². The Morgan fingerprint density at radius 2 is 1.70 bits per heavy atom. The van der Waals surface area contributed by atoms with E-state index in [1.165, 1.54) is 11.1 Å². The minimum Gasteiger partial charge on any atom is -0.312 e. The number of nitrogens with one attached hydrogen (secondary N) is 1. The average molecular weight is 277 g/mol. The molecule has 0 atom stereocenters. The Kier molecular flexibility index (Phi) is 3.26. The van der Waals surface area contributed by atoms with Gasteiger partial charge in [-0.1, -0.05) is 30.3 Å². The maximum Gasteiger partial charge on any atom is 0.416 e. The fourth-order valence-corrected chi connectivity index (χ4v) is 2.64. The van der Waals surface area contributed by atoms with Crippen molar-refractivity contribution in [2.75, 3.05) is 6.54 Å². The summed E-state index contributed by atoms with van der Waals surface area (Å²) in [6, 6.07) is 11.4. The van der Waals surface area contributed by atoms with Gasteiger partial charge in [-0.05, 0) is 47.4 Å². The van der Waals surface area contributed by atoms with Gasteiger partial charge in [-0.25, -0.2) is 0 Å². The molecule has 4 heteroatoms. The fourth-order valence-electron chi connectivity index (χ4n) is 2.64. The van der Waals surface area contributed by atoms with Crippen LogP contribution in [-0.2, 0) is 19.1 Å². The van der Waals surface area contributed by atoms with Crippen LogP contribution in [0, 0.1) is 0 Å². The topological polar surface area (TPSA) is 12.0 Å². The molecular weight excluding hydrogens is 263 g/mol. The summed E-state index contributed by atoms with van der Waals surface area (Å²) in [5, 5.41) is 3.30. The van der Waals surface area contributed by atoms with E-state index in [1.807, 2.05) is 12.1 Å². The number of halogens is 3. The number of hydrogen-bond acceptors (Lipinski definition) is 1.